The molecule has 10 nitrogen and oxygen atoms in total. The minimum atomic E-state index is -0.287. The molecular weight excluding hydrogens is 430 g/mol. The molecule has 0 atom stereocenters. The lowest BCUT2D eigenvalue weighted by Gasteiger charge is -2.09. The molecule has 1 aliphatic rings. The number of nitrogens with one attached hydrogen (secondary N) is 2. The molecule has 0 aliphatic carbocycles. The standard InChI is InChI=1S/C24H21N9O/c1-16-19(14-27-12-17-3-7-25-8-4-17)22(23-29-5-2-6-30-23)20(32-16)11-18-13-31-33(24(18)34)21-15-26-9-10-28-21/h2-11,13,15,27,32H,12,14H2,1H3/b18-11+. The second kappa shape index (κ2) is 9.51. The van der Waals surface area contributed by atoms with Crippen molar-refractivity contribution in [3.8, 4) is 11.4 Å². The number of H-pyrrole nitrogens is 1. The number of hydrogen-bond donors (Lipinski definition) is 2. The molecular formula is C24H21N9O. The first-order valence-corrected chi connectivity index (χ1v) is 10.7. The number of carbonyl (C=O) groups excluding carboxylic acids is 1. The van der Waals surface area contributed by atoms with Crippen molar-refractivity contribution < 1.29 is 4.79 Å². The van der Waals surface area contributed by atoms with Gasteiger partial charge in [0, 0.05) is 61.5 Å². The SMILES string of the molecule is Cc1[nH]c(/C=C2\C=NN(c3cnccn3)C2=O)c(-c2ncccn2)c1CNCc1ccncc1. The number of amides is 1. The van der Waals surface area contributed by atoms with Gasteiger partial charge in [0.1, 0.15) is 0 Å². The summed E-state index contributed by atoms with van der Waals surface area (Å²) >= 11 is 0. The van der Waals surface area contributed by atoms with E-state index in [2.05, 4.69) is 40.3 Å². The number of rotatable bonds is 7. The topological polar surface area (TPSA) is 125 Å². The van der Waals surface area contributed by atoms with Crippen molar-refractivity contribution in [3.63, 3.8) is 0 Å². The Bertz CT molecular complexity index is 1350. The summed E-state index contributed by atoms with van der Waals surface area (Å²) in [5, 5.41) is 8.90. The number of hydrogen-bond acceptors (Lipinski definition) is 8. The number of nitrogens with zero attached hydrogens (tertiary/aromatic N) is 7. The second-order valence-electron chi connectivity index (χ2n) is 7.57. The second-order valence-corrected chi connectivity index (χ2v) is 7.57. The van der Waals surface area contributed by atoms with Crippen LogP contribution >= 0.6 is 0 Å². The molecule has 5 heterocycles. The fourth-order valence-corrected chi connectivity index (χ4v) is 3.70. The average molecular weight is 451 g/mol. The fraction of sp³-hybridized carbons (Fsp3) is 0.125. The Labute approximate surface area is 195 Å². The number of aromatic amines is 1. The van der Waals surface area contributed by atoms with Crippen LogP contribution in [0.2, 0.25) is 0 Å². The molecule has 34 heavy (non-hydrogen) atoms. The van der Waals surface area contributed by atoms with Crippen molar-refractivity contribution in [1.29, 1.82) is 0 Å². The summed E-state index contributed by atoms with van der Waals surface area (Å²) in [6, 6.07) is 5.72. The Morgan fingerprint density at radius 2 is 1.82 bits per heavy atom. The Morgan fingerprint density at radius 1 is 1.00 bits per heavy atom. The minimum Gasteiger partial charge on any atom is -0.358 e. The number of hydrazone groups is 1. The molecule has 1 amide bonds. The molecule has 0 radical (unpaired) electrons. The molecule has 4 aromatic rings. The molecule has 2 N–H and O–H groups in total. The van der Waals surface area contributed by atoms with E-state index in [1.807, 2.05) is 19.1 Å². The lowest BCUT2D eigenvalue weighted by Crippen LogP contribution is -2.22. The van der Waals surface area contributed by atoms with Crippen molar-refractivity contribution in [1.82, 2.24) is 35.2 Å². The van der Waals surface area contributed by atoms with Crippen LogP contribution < -0.4 is 10.3 Å². The van der Waals surface area contributed by atoms with Crippen LogP contribution in [0.3, 0.4) is 0 Å². The van der Waals surface area contributed by atoms with Gasteiger partial charge in [-0.25, -0.2) is 15.0 Å². The smallest absolute Gasteiger partial charge is 0.281 e. The van der Waals surface area contributed by atoms with Crippen LogP contribution in [0.25, 0.3) is 17.5 Å². The molecule has 0 saturated carbocycles. The highest BCUT2D eigenvalue weighted by atomic mass is 16.2. The molecule has 0 fully saturated rings. The monoisotopic (exact) mass is 451 g/mol. The van der Waals surface area contributed by atoms with Crippen molar-refractivity contribution >= 4 is 24.0 Å². The van der Waals surface area contributed by atoms with Crippen molar-refractivity contribution in [2.75, 3.05) is 5.01 Å². The van der Waals surface area contributed by atoms with E-state index >= 15 is 0 Å². The quantitative estimate of drug-likeness (QED) is 0.414. The molecule has 5 rings (SSSR count). The largest absolute Gasteiger partial charge is 0.358 e. The predicted octanol–water partition coefficient (Wildman–Crippen LogP) is 2.67. The van der Waals surface area contributed by atoms with Crippen molar-refractivity contribution in [2.24, 2.45) is 5.10 Å². The summed E-state index contributed by atoms with van der Waals surface area (Å²) in [6.07, 6.45) is 14.8. The highest BCUT2D eigenvalue weighted by molar-refractivity contribution is 6.25. The first kappa shape index (κ1) is 21.3. The lowest BCUT2D eigenvalue weighted by atomic mass is 10.1. The summed E-state index contributed by atoms with van der Waals surface area (Å²) in [6.45, 7) is 3.28. The summed E-state index contributed by atoms with van der Waals surface area (Å²) in [7, 11) is 0. The number of aryl methyl sites for hydroxylation is 1. The third kappa shape index (κ3) is 4.34. The summed E-state index contributed by atoms with van der Waals surface area (Å²) in [5.74, 6) is 0.653. The van der Waals surface area contributed by atoms with Crippen molar-refractivity contribution in [3.05, 3.63) is 89.7 Å². The van der Waals surface area contributed by atoms with Crippen LogP contribution in [-0.2, 0) is 17.9 Å². The molecule has 1 aliphatic heterocycles. The van der Waals surface area contributed by atoms with Gasteiger partial charge in [-0.1, -0.05) is 0 Å². The van der Waals surface area contributed by atoms with Crippen LogP contribution in [0.1, 0.15) is 22.5 Å². The molecule has 0 aromatic carbocycles. The van der Waals surface area contributed by atoms with Crippen LogP contribution in [0.4, 0.5) is 5.82 Å². The van der Waals surface area contributed by atoms with Crippen molar-refractivity contribution in [2.45, 2.75) is 20.0 Å². The van der Waals surface area contributed by atoms with Crippen LogP contribution in [0.15, 0.2) is 72.3 Å². The van der Waals surface area contributed by atoms with E-state index in [0.29, 0.717) is 30.3 Å². The zero-order valence-corrected chi connectivity index (χ0v) is 18.4. The molecule has 0 unspecified atom stereocenters. The molecule has 0 saturated heterocycles. The summed E-state index contributed by atoms with van der Waals surface area (Å²) < 4.78 is 0. The fourth-order valence-electron chi connectivity index (χ4n) is 3.70. The Kier molecular flexibility index (Phi) is 5.95. The zero-order chi connectivity index (χ0) is 23.3. The van der Waals surface area contributed by atoms with E-state index in [0.717, 1.165) is 28.1 Å². The van der Waals surface area contributed by atoms with Gasteiger partial charge in [-0.05, 0) is 42.3 Å². The zero-order valence-electron chi connectivity index (χ0n) is 18.4. The van der Waals surface area contributed by atoms with E-state index in [4.69, 9.17) is 0 Å². The molecule has 168 valence electrons. The van der Waals surface area contributed by atoms with Crippen LogP contribution in [0.5, 0.6) is 0 Å². The maximum Gasteiger partial charge on any atom is 0.281 e. The first-order chi connectivity index (χ1) is 16.7. The minimum absolute atomic E-state index is 0.287. The summed E-state index contributed by atoms with van der Waals surface area (Å²) in [5.41, 5.74) is 5.12. The molecule has 4 aromatic heterocycles. The molecule has 0 spiro atoms. The highest BCUT2D eigenvalue weighted by Crippen LogP contribution is 2.30. The predicted molar refractivity (Wildman–Crippen MR) is 127 cm³/mol. The van der Waals surface area contributed by atoms with Crippen LogP contribution in [-0.4, -0.2) is 42.0 Å². The maximum absolute atomic E-state index is 13.0. The molecule has 0 bridgehead atoms. The number of aromatic nitrogens is 6. The lowest BCUT2D eigenvalue weighted by molar-refractivity contribution is -0.114. The van der Waals surface area contributed by atoms with Gasteiger partial charge in [-0.3, -0.25) is 14.8 Å². The summed E-state index contributed by atoms with van der Waals surface area (Å²) in [4.78, 5) is 37.5. The van der Waals surface area contributed by atoms with E-state index in [-0.39, 0.29) is 5.91 Å². The molecule has 10 heteroatoms. The Balaban J connectivity index is 1.46. The average Bonchev–Trinajstić information content (AvgIpc) is 3.40. The number of pyridine rings is 1. The Morgan fingerprint density at radius 3 is 2.59 bits per heavy atom. The highest BCUT2D eigenvalue weighted by Gasteiger charge is 2.27. The third-order valence-corrected chi connectivity index (χ3v) is 5.33. The maximum atomic E-state index is 13.0. The third-order valence-electron chi connectivity index (χ3n) is 5.33. The van der Waals surface area contributed by atoms with Gasteiger partial charge in [-0.15, -0.1) is 0 Å². The van der Waals surface area contributed by atoms with E-state index < -0.39 is 0 Å². The van der Waals surface area contributed by atoms with Gasteiger partial charge >= 0.3 is 0 Å². The van der Waals surface area contributed by atoms with Gasteiger partial charge < -0.3 is 10.3 Å². The van der Waals surface area contributed by atoms with E-state index in [9.17, 15) is 4.79 Å². The number of carbonyl (C=O) groups is 1. The van der Waals surface area contributed by atoms with Gasteiger partial charge in [0.2, 0.25) is 0 Å². The first-order valence-electron chi connectivity index (χ1n) is 10.7. The van der Waals surface area contributed by atoms with E-state index in [1.165, 1.54) is 23.6 Å². The van der Waals surface area contributed by atoms with Gasteiger partial charge in [0.25, 0.3) is 5.91 Å². The van der Waals surface area contributed by atoms with Gasteiger partial charge in [-0.2, -0.15) is 10.1 Å². The number of anilines is 1. The van der Waals surface area contributed by atoms with E-state index in [1.54, 1.807) is 43.1 Å². The normalized spacial score (nSPS) is 14.3. The van der Waals surface area contributed by atoms with Gasteiger partial charge in [0.15, 0.2) is 11.6 Å². The Hall–Kier alpha value is -4.57. The van der Waals surface area contributed by atoms with Crippen LogP contribution in [0, 0.1) is 6.92 Å². The van der Waals surface area contributed by atoms with Gasteiger partial charge in [0.05, 0.1) is 23.7 Å².